The molecule has 94 valence electrons. The van der Waals surface area contributed by atoms with Crippen LogP contribution in [0.3, 0.4) is 0 Å². The highest BCUT2D eigenvalue weighted by Gasteiger charge is 2.05. The van der Waals surface area contributed by atoms with Crippen molar-refractivity contribution in [3.05, 3.63) is 52.2 Å². The maximum Gasteiger partial charge on any atom is 0.269 e. The van der Waals surface area contributed by atoms with Crippen LogP contribution in [0.2, 0.25) is 0 Å². The van der Waals surface area contributed by atoms with Crippen LogP contribution in [0.4, 0.5) is 5.69 Å². The van der Waals surface area contributed by atoms with E-state index >= 15 is 0 Å². The maximum absolute atomic E-state index is 10.6. The van der Waals surface area contributed by atoms with Crippen molar-refractivity contribution in [2.45, 2.75) is 13.0 Å². The van der Waals surface area contributed by atoms with Gasteiger partial charge in [0.1, 0.15) is 0 Å². The van der Waals surface area contributed by atoms with Gasteiger partial charge in [-0.2, -0.15) is 4.98 Å². The van der Waals surface area contributed by atoms with Crippen molar-refractivity contribution in [3.63, 3.8) is 0 Å². The molecule has 2 aromatic rings. The minimum absolute atomic E-state index is 0.104. The predicted molar refractivity (Wildman–Crippen MR) is 62.8 cm³/mol. The highest BCUT2D eigenvalue weighted by molar-refractivity contribution is 5.34. The highest BCUT2D eigenvalue weighted by atomic mass is 16.6. The summed E-state index contributed by atoms with van der Waals surface area (Å²) in [5.74, 6) is 0.640. The van der Waals surface area contributed by atoms with Crippen molar-refractivity contribution in [2.24, 2.45) is 0 Å². The molecule has 1 aromatic heterocycles. The molecule has 0 saturated heterocycles. The molecule has 0 atom stereocenters. The van der Waals surface area contributed by atoms with Crippen LogP contribution in [-0.4, -0.2) is 21.6 Å². The summed E-state index contributed by atoms with van der Waals surface area (Å²) in [6.45, 7) is 1.25. The van der Waals surface area contributed by atoms with E-state index in [9.17, 15) is 10.1 Å². The van der Waals surface area contributed by atoms with Crippen molar-refractivity contribution in [1.29, 1.82) is 0 Å². The Hall–Kier alpha value is -2.28. The Kier molecular flexibility index (Phi) is 3.98. The van der Waals surface area contributed by atoms with Crippen LogP contribution in [-0.2, 0) is 13.0 Å². The average molecular weight is 248 g/mol. The summed E-state index contributed by atoms with van der Waals surface area (Å²) in [6.07, 6.45) is 1.95. The van der Waals surface area contributed by atoms with Gasteiger partial charge in [0.2, 0.25) is 6.39 Å². The largest absolute Gasteiger partial charge is 0.343 e. The van der Waals surface area contributed by atoms with Crippen molar-refractivity contribution < 1.29 is 9.45 Å². The molecule has 7 heteroatoms. The fourth-order valence-corrected chi connectivity index (χ4v) is 1.52. The summed E-state index contributed by atoms with van der Waals surface area (Å²) in [7, 11) is 0. The zero-order chi connectivity index (χ0) is 12.8. The maximum atomic E-state index is 10.6. The van der Waals surface area contributed by atoms with E-state index in [-0.39, 0.29) is 5.69 Å². The molecule has 7 nitrogen and oxygen atoms in total. The van der Waals surface area contributed by atoms with Crippen LogP contribution >= 0.6 is 0 Å². The van der Waals surface area contributed by atoms with Crippen LogP contribution in [0.15, 0.2) is 35.2 Å². The Morgan fingerprint density at radius 2 is 2.33 bits per heavy atom. The normalized spacial score (nSPS) is 10.4. The van der Waals surface area contributed by atoms with Crippen LogP contribution in [0.5, 0.6) is 0 Å². The van der Waals surface area contributed by atoms with E-state index in [0.29, 0.717) is 25.3 Å². The zero-order valence-electron chi connectivity index (χ0n) is 9.57. The Morgan fingerprint density at radius 1 is 1.44 bits per heavy atom. The van der Waals surface area contributed by atoms with E-state index in [1.807, 2.05) is 6.07 Å². The molecule has 1 heterocycles. The lowest BCUT2D eigenvalue weighted by Gasteiger charge is -2.03. The molecule has 18 heavy (non-hydrogen) atoms. The Morgan fingerprint density at radius 3 is 3.06 bits per heavy atom. The van der Waals surface area contributed by atoms with E-state index in [0.717, 1.165) is 5.56 Å². The van der Waals surface area contributed by atoms with Crippen molar-refractivity contribution in [1.82, 2.24) is 15.5 Å². The van der Waals surface area contributed by atoms with Crippen molar-refractivity contribution in [2.75, 3.05) is 6.54 Å². The lowest BCUT2D eigenvalue weighted by Crippen LogP contribution is -2.17. The second-order valence-corrected chi connectivity index (χ2v) is 3.70. The van der Waals surface area contributed by atoms with Gasteiger partial charge < -0.3 is 9.84 Å². The molecule has 2 rings (SSSR count). The summed E-state index contributed by atoms with van der Waals surface area (Å²) in [5, 5.41) is 17.4. The summed E-state index contributed by atoms with van der Waals surface area (Å²) < 4.78 is 4.61. The Bertz CT molecular complexity index is 513. The number of aromatic nitrogens is 2. The third kappa shape index (κ3) is 3.36. The number of nitrogens with zero attached hydrogens (tertiary/aromatic N) is 3. The van der Waals surface area contributed by atoms with Crippen LogP contribution in [0, 0.1) is 10.1 Å². The molecule has 0 amide bonds. The number of non-ortho nitro benzene ring substituents is 1. The number of hydrogen-bond acceptors (Lipinski definition) is 6. The van der Waals surface area contributed by atoms with E-state index in [2.05, 4.69) is 20.0 Å². The average Bonchev–Trinajstić information content (AvgIpc) is 2.88. The zero-order valence-corrected chi connectivity index (χ0v) is 9.57. The Balaban J connectivity index is 1.79. The second-order valence-electron chi connectivity index (χ2n) is 3.70. The van der Waals surface area contributed by atoms with Gasteiger partial charge in [0, 0.05) is 31.6 Å². The van der Waals surface area contributed by atoms with Gasteiger partial charge >= 0.3 is 0 Å². The van der Waals surface area contributed by atoms with Gasteiger partial charge in [0.05, 0.1) is 4.92 Å². The van der Waals surface area contributed by atoms with E-state index in [1.165, 1.54) is 12.5 Å². The number of rotatable bonds is 6. The van der Waals surface area contributed by atoms with Crippen molar-refractivity contribution >= 4 is 5.69 Å². The first-order valence-corrected chi connectivity index (χ1v) is 5.45. The van der Waals surface area contributed by atoms with E-state index in [1.54, 1.807) is 12.1 Å². The first-order valence-electron chi connectivity index (χ1n) is 5.45. The molecule has 0 aliphatic heterocycles. The molecular formula is C11H12N4O3. The van der Waals surface area contributed by atoms with Crippen LogP contribution in [0.1, 0.15) is 11.4 Å². The number of nitro groups is 1. The predicted octanol–water partition coefficient (Wildman–Crippen LogP) is 1.31. The van der Waals surface area contributed by atoms with Gasteiger partial charge in [-0.05, 0) is 5.56 Å². The molecule has 0 radical (unpaired) electrons. The number of nitrogens with one attached hydrogen (secondary N) is 1. The quantitative estimate of drug-likeness (QED) is 0.470. The van der Waals surface area contributed by atoms with Gasteiger partial charge in [0.25, 0.3) is 5.69 Å². The van der Waals surface area contributed by atoms with Gasteiger partial charge in [-0.15, -0.1) is 0 Å². The monoisotopic (exact) mass is 248 g/mol. The summed E-state index contributed by atoms with van der Waals surface area (Å²) in [6, 6.07) is 6.55. The molecule has 0 spiro atoms. The fraction of sp³-hybridized carbons (Fsp3) is 0.273. The molecular weight excluding hydrogens is 236 g/mol. The number of benzene rings is 1. The fourth-order valence-electron chi connectivity index (χ4n) is 1.52. The molecule has 0 bridgehead atoms. The molecule has 0 saturated carbocycles. The number of hydrogen-bond donors (Lipinski definition) is 1. The molecule has 1 aromatic carbocycles. The first-order chi connectivity index (χ1) is 8.75. The third-order valence-electron chi connectivity index (χ3n) is 2.38. The van der Waals surface area contributed by atoms with Gasteiger partial charge in [-0.25, -0.2) is 0 Å². The lowest BCUT2D eigenvalue weighted by molar-refractivity contribution is -0.384. The van der Waals surface area contributed by atoms with Crippen molar-refractivity contribution in [3.8, 4) is 0 Å². The SMILES string of the molecule is O=[N+]([O-])c1cccc(CNCCc2ncon2)c1. The summed E-state index contributed by atoms with van der Waals surface area (Å²) in [4.78, 5) is 14.1. The molecule has 1 N–H and O–H groups in total. The smallest absolute Gasteiger partial charge is 0.269 e. The highest BCUT2D eigenvalue weighted by Crippen LogP contribution is 2.12. The van der Waals surface area contributed by atoms with Gasteiger partial charge in [-0.3, -0.25) is 10.1 Å². The second kappa shape index (κ2) is 5.87. The topological polar surface area (TPSA) is 94.1 Å². The van der Waals surface area contributed by atoms with Crippen LogP contribution in [0.25, 0.3) is 0 Å². The third-order valence-corrected chi connectivity index (χ3v) is 2.38. The molecule has 0 unspecified atom stereocenters. The van der Waals surface area contributed by atoms with Crippen LogP contribution < -0.4 is 5.32 Å². The van der Waals surface area contributed by atoms with Gasteiger partial charge in [-0.1, -0.05) is 17.3 Å². The standard InChI is InChI=1S/C11H12N4O3/c16-15(17)10-3-1-2-9(6-10)7-12-5-4-11-13-8-18-14-11/h1-3,6,8,12H,4-5,7H2. The minimum atomic E-state index is -0.400. The lowest BCUT2D eigenvalue weighted by atomic mass is 10.2. The molecule has 0 fully saturated rings. The number of nitro benzene ring substituents is 1. The summed E-state index contributed by atoms with van der Waals surface area (Å²) >= 11 is 0. The minimum Gasteiger partial charge on any atom is -0.343 e. The van der Waals surface area contributed by atoms with E-state index in [4.69, 9.17) is 0 Å². The first kappa shape index (κ1) is 12.2. The van der Waals surface area contributed by atoms with E-state index < -0.39 is 4.92 Å². The summed E-state index contributed by atoms with van der Waals surface area (Å²) in [5.41, 5.74) is 0.977. The Labute approximate surface area is 103 Å². The molecule has 0 aliphatic rings. The molecule has 0 aliphatic carbocycles. The van der Waals surface area contributed by atoms with Gasteiger partial charge in [0.15, 0.2) is 5.82 Å².